The topological polar surface area (TPSA) is 50.4 Å². The Morgan fingerprint density at radius 3 is 2.72 bits per heavy atom. The summed E-state index contributed by atoms with van der Waals surface area (Å²) in [5, 5.41) is 3.83. The lowest BCUT2D eigenvalue weighted by molar-refractivity contribution is 0.852. The van der Waals surface area contributed by atoms with E-state index in [1.807, 2.05) is 31.2 Å². The second-order valence-corrected chi connectivity index (χ2v) is 4.33. The van der Waals surface area contributed by atoms with Gasteiger partial charge >= 0.3 is 0 Å². The third-order valence-corrected chi connectivity index (χ3v) is 2.55. The summed E-state index contributed by atoms with van der Waals surface area (Å²) in [5.41, 5.74) is 7.78. The van der Waals surface area contributed by atoms with Crippen molar-refractivity contribution in [3.8, 4) is 0 Å². The van der Waals surface area contributed by atoms with Crippen LogP contribution in [0.5, 0.6) is 0 Å². The van der Waals surface area contributed by atoms with Crippen LogP contribution in [0.3, 0.4) is 0 Å². The Hall–Kier alpha value is -0.750. The molecule has 1 rings (SSSR count). The normalized spacial score (nSPS) is 10.7. The summed E-state index contributed by atoms with van der Waals surface area (Å²) in [7, 11) is 0. The largest absolute Gasteiger partial charge is 0.370 e. The lowest BCUT2D eigenvalue weighted by Gasteiger charge is -2.07. The highest BCUT2D eigenvalue weighted by molar-refractivity contribution is 14.0. The van der Waals surface area contributed by atoms with Crippen molar-refractivity contribution in [3.05, 3.63) is 47.0 Å². The summed E-state index contributed by atoms with van der Waals surface area (Å²) in [6.07, 6.45) is 0.822. The van der Waals surface area contributed by atoms with Crippen LogP contribution in [0.25, 0.3) is 0 Å². The third-order valence-electron chi connectivity index (χ3n) is 2.18. The predicted octanol–water partition coefficient (Wildman–Crippen LogP) is 2.98. The van der Waals surface area contributed by atoms with Crippen LogP contribution in [0.4, 0.5) is 0 Å². The molecule has 0 spiro atoms. The molecule has 3 nitrogen and oxygen atoms in total. The van der Waals surface area contributed by atoms with E-state index in [4.69, 9.17) is 17.3 Å². The molecule has 1 aromatic rings. The zero-order valence-electron chi connectivity index (χ0n) is 10.4. The van der Waals surface area contributed by atoms with Crippen LogP contribution in [0, 0.1) is 0 Å². The van der Waals surface area contributed by atoms with E-state index in [1.54, 1.807) is 0 Å². The molecule has 0 bridgehead atoms. The van der Waals surface area contributed by atoms with Crippen LogP contribution in [0.15, 0.2) is 41.4 Å². The SMILES string of the molecule is C=C(C)CN=C(N)NCCc1ccccc1Cl.I. The molecule has 0 aliphatic rings. The highest BCUT2D eigenvalue weighted by atomic mass is 127. The molecule has 100 valence electrons. The van der Waals surface area contributed by atoms with Crippen LogP contribution < -0.4 is 11.1 Å². The Kier molecular flexibility index (Phi) is 8.83. The first-order valence-corrected chi connectivity index (χ1v) is 5.89. The Bertz CT molecular complexity index is 418. The number of rotatable bonds is 5. The first-order chi connectivity index (χ1) is 8.09. The second kappa shape index (κ2) is 9.22. The monoisotopic (exact) mass is 379 g/mol. The number of hydrogen-bond acceptors (Lipinski definition) is 1. The molecule has 0 aliphatic heterocycles. The minimum Gasteiger partial charge on any atom is -0.370 e. The number of hydrogen-bond donors (Lipinski definition) is 2. The molecular formula is C13H19ClIN3. The van der Waals surface area contributed by atoms with Gasteiger partial charge in [-0.15, -0.1) is 24.0 Å². The van der Waals surface area contributed by atoms with E-state index in [1.165, 1.54) is 0 Å². The lowest BCUT2D eigenvalue weighted by atomic mass is 10.1. The quantitative estimate of drug-likeness (QED) is 0.358. The van der Waals surface area contributed by atoms with E-state index >= 15 is 0 Å². The molecule has 0 aromatic heterocycles. The van der Waals surface area contributed by atoms with Gasteiger partial charge < -0.3 is 11.1 Å². The summed E-state index contributed by atoms with van der Waals surface area (Å²) in [5.74, 6) is 0.444. The highest BCUT2D eigenvalue weighted by Gasteiger charge is 1.98. The van der Waals surface area contributed by atoms with Gasteiger partial charge in [-0.25, -0.2) is 4.99 Å². The molecule has 0 saturated carbocycles. The van der Waals surface area contributed by atoms with Gasteiger partial charge in [0.25, 0.3) is 0 Å². The molecule has 0 unspecified atom stereocenters. The first kappa shape index (κ1) is 17.2. The fraction of sp³-hybridized carbons (Fsp3) is 0.308. The van der Waals surface area contributed by atoms with Crippen LogP contribution in [0.2, 0.25) is 5.02 Å². The van der Waals surface area contributed by atoms with E-state index in [0.717, 1.165) is 29.1 Å². The molecule has 0 heterocycles. The molecule has 0 aliphatic carbocycles. The molecule has 0 atom stereocenters. The fourth-order valence-corrected chi connectivity index (χ4v) is 1.53. The van der Waals surface area contributed by atoms with E-state index in [0.29, 0.717) is 12.5 Å². The zero-order valence-corrected chi connectivity index (χ0v) is 13.5. The van der Waals surface area contributed by atoms with Crippen LogP contribution >= 0.6 is 35.6 Å². The molecular weight excluding hydrogens is 361 g/mol. The van der Waals surface area contributed by atoms with Gasteiger partial charge in [0.15, 0.2) is 5.96 Å². The van der Waals surface area contributed by atoms with Gasteiger partial charge in [0, 0.05) is 11.6 Å². The number of nitrogens with zero attached hydrogens (tertiary/aromatic N) is 1. The third kappa shape index (κ3) is 6.86. The maximum atomic E-state index is 6.04. The van der Waals surface area contributed by atoms with Crippen molar-refractivity contribution in [2.75, 3.05) is 13.1 Å². The van der Waals surface area contributed by atoms with Gasteiger partial charge in [-0.2, -0.15) is 0 Å². The van der Waals surface area contributed by atoms with Crippen molar-refractivity contribution in [2.24, 2.45) is 10.7 Å². The van der Waals surface area contributed by atoms with Gasteiger partial charge in [-0.05, 0) is 25.0 Å². The van der Waals surface area contributed by atoms with E-state index in [-0.39, 0.29) is 24.0 Å². The number of halogens is 2. The Morgan fingerprint density at radius 1 is 1.44 bits per heavy atom. The predicted molar refractivity (Wildman–Crippen MR) is 89.9 cm³/mol. The number of aliphatic imine (C=N–C) groups is 1. The number of nitrogens with two attached hydrogens (primary N) is 1. The minimum absolute atomic E-state index is 0. The zero-order chi connectivity index (χ0) is 12.7. The minimum atomic E-state index is 0. The van der Waals surface area contributed by atoms with Crippen molar-refractivity contribution in [1.82, 2.24) is 5.32 Å². The number of guanidine groups is 1. The molecule has 0 radical (unpaired) electrons. The van der Waals surface area contributed by atoms with Crippen molar-refractivity contribution >= 4 is 41.5 Å². The van der Waals surface area contributed by atoms with Crippen LogP contribution in [0.1, 0.15) is 12.5 Å². The van der Waals surface area contributed by atoms with Gasteiger partial charge in [0.2, 0.25) is 0 Å². The van der Waals surface area contributed by atoms with E-state index < -0.39 is 0 Å². The lowest BCUT2D eigenvalue weighted by Crippen LogP contribution is -2.33. The second-order valence-electron chi connectivity index (χ2n) is 3.93. The average molecular weight is 380 g/mol. The number of benzene rings is 1. The maximum absolute atomic E-state index is 6.04. The van der Waals surface area contributed by atoms with E-state index in [9.17, 15) is 0 Å². The van der Waals surface area contributed by atoms with Crippen LogP contribution in [-0.2, 0) is 6.42 Å². The summed E-state index contributed by atoms with van der Waals surface area (Å²) in [4.78, 5) is 4.13. The average Bonchev–Trinajstić information content (AvgIpc) is 2.29. The maximum Gasteiger partial charge on any atom is 0.188 e. The van der Waals surface area contributed by atoms with Gasteiger partial charge in [0.1, 0.15) is 0 Å². The van der Waals surface area contributed by atoms with Gasteiger partial charge in [-0.3, -0.25) is 0 Å². The Morgan fingerprint density at radius 2 is 2.11 bits per heavy atom. The summed E-state index contributed by atoms with van der Waals surface area (Å²) < 4.78 is 0. The Balaban J connectivity index is 0.00000289. The molecule has 1 aromatic carbocycles. The molecule has 3 N–H and O–H groups in total. The standard InChI is InChI=1S/C13H18ClN3.HI/c1-10(2)9-17-13(15)16-8-7-11-5-3-4-6-12(11)14;/h3-6H,1,7-9H2,2H3,(H3,15,16,17);1H. The highest BCUT2D eigenvalue weighted by Crippen LogP contribution is 2.14. The molecule has 0 amide bonds. The van der Waals surface area contributed by atoms with Crippen molar-refractivity contribution in [3.63, 3.8) is 0 Å². The van der Waals surface area contributed by atoms with Gasteiger partial charge in [-0.1, -0.05) is 42.0 Å². The molecule has 5 heteroatoms. The smallest absolute Gasteiger partial charge is 0.188 e. The number of nitrogens with one attached hydrogen (secondary N) is 1. The fourth-order valence-electron chi connectivity index (χ4n) is 1.30. The summed E-state index contributed by atoms with van der Waals surface area (Å²) >= 11 is 6.04. The molecule has 0 fully saturated rings. The van der Waals surface area contributed by atoms with Gasteiger partial charge in [0.05, 0.1) is 6.54 Å². The van der Waals surface area contributed by atoms with Crippen molar-refractivity contribution in [1.29, 1.82) is 0 Å². The van der Waals surface area contributed by atoms with E-state index in [2.05, 4.69) is 16.9 Å². The summed E-state index contributed by atoms with van der Waals surface area (Å²) in [6.45, 7) is 6.95. The van der Waals surface area contributed by atoms with Crippen molar-refractivity contribution in [2.45, 2.75) is 13.3 Å². The Labute approximate surface area is 131 Å². The first-order valence-electron chi connectivity index (χ1n) is 5.51. The molecule has 0 saturated heterocycles. The van der Waals surface area contributed by atoms with Crippen LogP contribution in [-0.4, -0.2) is 19.0 Å². The van der Waals surface area contributed by atoms with Crippen molar-refractivity contribution < 1.29 is 0 Å². The summed E-state index contributed by atoms with van der Waals surface area (Å²) in [6, 6.07) is 7.78. The molecule has 18 heavy (non-hydrogen) atoms.